The van der Waals surface area contributed by atoms with E-state index in [2.05, 4.69) is 11.8 Å². The van der Waals surface area contributed by atoms with Crippen molar-refractivity contribution in [1.29, 1.82) is 5.41 Å². The van der Waals surface area contributed by atoms with E-state index >= 15 is 0 Å². The quantitative estimate of drug-likeness (QED) is 0.313. The average Bonchev–Trinajstić information content (AvgIpc) is 2.74. The van der Waals surface area contributed by atoms with E-state index in [0.717, 1.165) is 16.7 Å². The maximum atomic E-state index is 12.3. The summed E-state index contributed by atoms with van der Waals surface area (Å²) in [4.78, 5) is 33.4. The van der Waals surface area contributed by atoms with E-state index in [4.69, 9.17) is 26.2 Å². The molecule has 5 N–H and O–H groups in total. The van der Waals surface area contributed by atoms with Crippen LogP contribution in [0.1, 0.15) is 32.6 Å². The topological polar surface area (TPSA) is 145 Å². The number of hydrogen-bond acceptors (Lipinski definition) is 4. The number of amides is 1. The van der Waals surface area contributed by atoms with Crippen LogP contribution in [0.4, 0.5) is 13.2 Å². The standard InChI is InChI=1S/C20H17N3O3.C2HF3O2/c21-19(22)16-3-1-2-13(11-16)4-5-14-6-7-17-15(10-14)8-9-23(20(17)26)12-18(24)25;3-2(4,5)1(6)7/h1-3,6-7,10-11H,8-9,12H2,(H3,21,22)(H,24,25);(H,6,7). The molecule has 11 heteroatoms. The number of carbonyl (C=O) groups is 3. The number of nitrogens with zero attached hydrogens (tertiary/aromatic N) is 1. The van der Waals surface area contributed by atoms with Gasteiger partial charge in [-0.1, -0.05) is 24.0 Å². The number of carbonyl (C=O) groups excluding carboxylic acids is 1. The van der Waals surface area contributed by atoms with Crippen molar-refractivity contribution in [1.82, 2.24) is 4.90 Å². The molecule has 0 spiro atoms. The van der Waals surface area contributed by atoms with Crippen LogP contribution in [0.5, 0.6) is 0 Å². The summed E-state index contributed by atoms with van der Waals surface area (Å²) in [7, 11) is 0. The van der Waals surface area contributed by atoms with E-state index in [0.29, 0.717) is 24.1 Å². The van der Waals surface area contributed by atoms with Crippen molar-refractivity contribution in [3.63, 3.8) is 0 Å². The number of rotatable bonds is 3. The summed E-state index contributed by atoms with van der Waals surface area (Å²) in [6, 6.07) is 12.5. The Bertz CT molecular complexity index is 1170. The second-order valence-corrected chi connectivity index (χ2v) is 6.79. The highest BCUT2D eigenvalue weighted by Crippen LogP contribution is 2.20. The van der Waals surface area contributed by atoms with Crippen LogP contribution >= 0.6 is 0 Å². The lowest BCUT2D eigenvalue weighted by atomic mass is 9.96. The van der Waals surface area contributed by atoms with E-state index in [-0.39, 0.29) is 18.3 Å². The van der Waals surface area contributed by atoms with Crippen LogP contribution < -0.4 is 5.73 Å². The third-order valence-electron chi connectivity index (χ3n) is 4.37. The molecule has 0 bridgehead atoms. The van der Waals surface area contributed by atoms with Crippen molar-refractivity contribution >= 4 is 23.7 Å². The predicted molar refractivity (Wildman–Crippen MR) is 111 cm³/mol. The van der Waals surface area contributed by atoms with Gasteiger partial charge < -0.3 is 20.8 Å². The van der Waals surface area contributed by atoms with Crippen molar-refractivity contribution in [2.45, 2.75) is 12.6 Å². The molecule has 0 radical (unpaired) electrons. The third-order valence-corrected chi connectivity index (χ3v) is 4.37. The van der Waals surface area contributed by atoms with Gasteiger partial charge in [0, 0.05) is 28.8 Å². The van der Waals surface area contributed by atoms with E-state index in [1.165, 1.54) is 4.90 Å². The zero-order chi connectivity index (χ0) is 24.8. The van der Waals surface area contributed by atoms with Gasteiger partial charge in [-0.2, -0.15) is 13.2 Å². The summed E-state index contributed by atoms with van der Waals surface area (Å²) in [6.45, 7) is 0.0992. The van der Waals surface area contributed by atoms with Crippen LogP contribution in [-0.4, -0.2) is 58.1 Å². The molecule has 33 heavy (non-hydrogen) atoms. The Hall–Kier alpha value is -4.33. The number of carboxylic acids is 2. The Morgan fingerprint density at radius 1 is 1.09 bits per heavy atom. The maximum absolute atomic E-state index is 12.3. The van der Waals surface area contributed by atoms with E-state index in [1.54, 1.807) is 30.3 Å². The van der Waals surface area contributed by atoms with Crippen molar-refractivity contribution in [3.05, 3.63) is 70.3 Å². The first-order valence-electron chi connectivity index (χ1n) is 9.29. The lowest BCUT2D eigenvalue weighted by Gasteiger charge is -2.27. The fourth-order valence-corrected chi connectivity index (χ4v) is 2.84. The molecule has 3 rings (SSSR count). The first-order chi connectivity index (χ1) is 15.4. The zero-order valence-electron chi connectivity index (χ0n) is 16.9. The van der Waals surface area contributed by atoms with Gasteiger partial charge in [0.2, 0.25) is 0 Å². The number of amidine groups is 1. The summed E-state index contributed by atoms with van der Waals surface area (Å²) >= 11 is 0. The molecule has 1 heterocycles. The number of fused-ring (bicyclic) bond motifs is 1. The molecular formula is C22H18F3N3O5. The molecular weight excluding hydrogens is 443 g/mol. The third kappa shape index (κ3) is 7.10. The summed E-state index contributed by atoms with van der Waals surface area (Å²) in [5, 5.41) is 23.5. The van der Waals surface area contributed by atoms with Gasteiger partial charge in [-0.05, 0) is 42.3 Å². The van der Waals surface area contributed by atoms with Crippen molar-refractivity contribution in [2.75, 3.05) is 13.1 Å². The Morgan fingerprint density at radius 3 is 2.24 bits per heavy atom. The van der Waals surface area contributed by atoms with Gasteiger partial charge in [-0.3, -0.25) is 15.0 Å². The van der Waals surface area contributed by atoms with Crippen LogP contribution in [0.15, 0.2) is 42.5 Å². The number of nitrogen functional groups attached to an aromatic ring is 1. The fraction of sp³-hybridized carbons (Fsp3) is 0.182. The number of aliphatic carboxylic acids is 2. The second-order valence-electron chi connectivity index (χ2n) is 6.79. The maximum Gasteiger partial charge on any atom is 0.490 e. The van der Waals surface area contributed by atoms with Gasteiger partial charge in [-0.25, -0.2) is 4.79 Å². The molecule has 0 aromatic heterocycles. The number of alkyl halides is 3. The monoisotopic (exact) mass is 461 g/mol. The molecule has 0 atom stereocenters. The highest BCUT2D eigenvalue weighted by Gasteiger charge is 2.38. The first kappa shape index (κ1) is 24.9. The minimum absolute atomic E-state index is 0.00754. The van der Waals surface area contributed by atoms with Gasteiger partial charge >= 0.3 is 18.1 Å². The predicted octanol–water partition coefficient (Wildman–Crippen LogP) is 2.09. The summed E-state index contributed by atoms with van der Waals surface area (Å²) in [5.41, 5.74) is 9.03. The molecule has 1 amide bonds. The number of hydrogen-bond donors (Lipinski definition) is 4. The molecule has 0 aliphatic carbocycles. The summed E-state index contributed by atoms with van der Waals surface area (Å²) in [6.07, 6.45) is -4.48. The van der Waals surface area contributed by atoms with E-state index in [1.807, 2.05) is 12.1 Å². The zero-order valence-corrected chi connectivity index (χ0v) is 16.9. The molecule has 172 valence electrons. The molecule has 2 aromatic carbocycles. The highest BCUT2D eigenvalue weighted by atomic mass is 19.4. The van der Waals surface area contributed by atoms with E-state index in [9.17, 15) is 22.8 Å². The number of benzene rings is 2. The van der Waals surface area contributed by atoms with Gasteiger partial charge in [0.15, 0.2) is 0 Å². The molecule has 8 nitrogen and oxygen atoms in total. The molecule has 0 fully saturated rings. The Balaban J connectivity index is 0.000000479. The molecule has 1 aliphatic rings. The normalized spacial score (nSPS) is 12.5. The minimum Gasteiger partial charge on any atom is -0.480 e. The number of halogens is 3. The molecule has 2 aromatic rings. The van der Waals surface area contributed by atoms with Crippen molar-refractivity contribution in [3.8, 4) is 11.8 Å². The van der Waals surface area contributed by atoms with Gasteiger partial charge in [0.25, 0.3) is 5.91 Å². The minimum atomic E-state index is -5.08. The molecule has 0 saturated carbocycles. The number of carboxylic acid groups (broad SMARTS) is 2. The van der Waals surface area contributed by atoms with Gasteiger partial charge in [-0.15, -0.1) is 0 Å². The lowest BCUT2D eigenvalue weighted by Crippen LogP contribution is -2.40. The smallest absolute Gasteiger partial charge is 0.480 e. The summed E-state index contributed by atoms with van der Waals surface area (Å²) in [5.74, 6) is 2.05. The van der Waals surface area contributed by atoms with Gasteiger partial charge in [0.1, 0.15) is 12.4 Å². The van der Waals surface area contributed by atoms with Crippen molar-refractivity contribution < 1.29 is 37.8 Å². The Labute approximate surface area is 185 Å². The Morgan fingerprint density at radius 2 is 1.70 bits per heavy atom. The molecule has 0 unspecified atom stereocenters. The van der Waals surface area contributed by atoms with Crippen LogP contribution in [0.3, 0.4) is 0 Å². The molecule has 1 aliphatic heterocycles. The van der Waals surface area contributed by atoms with Crippen LogP contribution in [0.2, 0.25) is 0 Å². The molecule has 0 saturated heterocycles. The highest BCUT2D eigenvalue weighted by molar-refractivity contribution is 5.98. The van der Waals surface area contributed by atoms with E-state index < -0.39 is 18.1 Å². The average molecular weight is 461 g/mol. The number of nitrogens with one attached hydrogen (secondary N) is 1. The SMILES string of the molecule is N=C(N)c1cccc(C#Cc2ccc3c(c2)CCN(CC(=O)O)C3=O)c1.O=C(O)C(F)(F)F. The summed E-state index contributed by atoms with van der Waals surface area (Å²) < 4.78 is 31.7. The van der Waals surface area contributed by atoms with Crippen LogP contribution in [0, 0.1) is 17.3 Å². The number of nitrogens with two attached hydrogens (primary N) is 1. The van der Waals surface area contributed by atoms with Crippen LogP contribution in [-0.2, 0) is 16.0 Å². The largest absolute Gasteiger partial charge is 0.490 e. The van der Waals surface area contributed by atoms with Crippen molar-refractivity contribution in [2.24, 2.45) is 5.73 Å². The lowest BCUT2D eigenvalue weighted by molar-refractivity contribution is -0.192. The first-order valence-corrected chi connectivity index (χ1v) is 9.29. The van der Waals surface area contributed by atoms with Crippen LogP contribution in [0.25, 0.3) is 0 Å². The Kier molecular flexibility index (Phi) is 7.80. The second kappa shape index (κ2) is 10.3. The fourth-order valence-electron chi connectivity index (χ4n) is 2.84. The van der Waals surface area contributed by atoms with Gasteiger partial charge in [0.05, 0.1) is 0 Å².